The maximum absolute atomic E-state index is 12.4. The number of hydrogen-bond donors (Lipinski definition) is 1. The second-order valence-corrected chi connectivity index (χ2v) is 8.64. The average Bonchev–Trinajstić information content (AvgIpc) is 2.68. The van der Waals surface area contributed by atoms with Crippen LogP contribution in [0.1, 0.15) is 11.1 Å². The van der Waals surface area contributed by atoms with Crippen molar-refractivity contribution in [2.24, 2.45) is 0 Å². The van der Waals surface area contributed by atoms with Gasteiger partial charge in [-0.15, -0.1) is 0 Å². The number of carbonyl (C=O) groups excluding carboxylic acids is 1. The van der Waals surface area contributed by atoms with E-state index in [0.717, 1.165) is 30.4 Å². The molecule has 1 amide bonds. The summed E-state index contributed by atoms with van der Waals surface area (Å²) in [5.74, 6) is -0.317. The number of amides is 1. The molecule has 0 bridgehead atoms. The SMILES string of the molecule is CN(CC(=O)NCCN1CCc2ccccc2C1)S(=O)(=O)c1cccnc1. The fourth-order valence-electron chi connectivity index (χ4n) is 3.12. The summed E-state index contributed by atoms with van der Waals surface area (Å²) in [4.78, 5) is 18.3. The first kappa shape index (κ1) is 19.5. The summed E-state index contributed by atoms with van der Waals surface area (Å²) in [6.07, 6.45) is 3.79. The predicted molar refractivity (Wildman–Crippen MR) is 102 cm³/mol. The van der Waals surface area contributed by atoms with Gasteiger partial charge >= 0.3 is 0 Å². The van der Waals surface area contributed by atoms with Crippen LogP contribution < -0.4 is 5.32 Å². The summed E-state index contributed by atoms with van der Waals surface area (Å²) in [6, 6.07) is 11.4. The van der Waals surface area contributed by atoms with E-state index in [1.807, 2.05) is 6.07 Å². The molecule has 8 heteroatoms. The minimum atomic E-state index is -3.71. The summed E-state index contributed by atoms with van der Waals surface area (Å²) in [6.45, 7) is 2.84. The smallest absolute Gasteiger partial charge is 0.244 e. The van der Waals surface area contributed by atoms with Gasteiger partial charge in [0.05, 0.1) is 6.54 Å². The van der Waals surface area contributed by atoms with Crippen LogP contribution in [0.4, 0.5) is 0 Å². The lowest BCUT2D eigenvalue weighted by Crippen LogP contribution is -2.42. The molecule has 1 aliphatic heterocycles. The van der Waals surface area contributed by atoms with Crippen LogP contribution in [0.3, 0.4) is 0 Å². The topological polar surface area (TPSA) is 82.6 Å². The zero-order valence-corrected chi connectivity index (χ0v) is 16.2. The van der Waals surface area contributed by atoms with E-state index in [9.17, 15) is 13.2 Å². The van der Waals surface area contributed by atoms with E-state index in [1.165, 1.54) is 36.6 Å². The monoisotopic (exact) mass is 388 g/mol. The van der Waals surface area contributed by atoms with Crippen LogP contribution in [-0.4, -0.2) is 61.7 Å². The Labute approximate surface area is 160 Å². The average molecular weight is 388 g/mol. The molecule has 0 atom stereocenters. The Kier molecular flexibility index (Phi) is 6.20. The quantitative estimate of drug-likeness (QED) is 0.761. The van der Waals surface area contributed by atoms with Gasteiger partial charge in [0.15, 0.2) is 0 Å². The molecule has 1 aromatic heterocycles. The largest absolute Gasteiger partial charge is 0.354 e. The van der Waals surface area contributed by atoms with E-state index in [-0.39, 0.29) is 17.3 Å². The Morgan fingerprint density at radius 3 is 2.74 bits per heavy atom. The molecule has 1 N–H and O–H groups in total. The summed E-state index contributed by atoms with van der Waals surface area (Å²) >= 11 is 0. The zero-order valence-electron chi connectivity index (χ0n) is 15.3. The molecular weight excluding hydrogens is 364 g/mol. The molecular formula is C19H24N4O3S. The Balaban J connectivity index is 1.45. The highest BCUT2D eigenvalue weighted by atomic mass is 32.2. The second-order valence-electron chi connectivity index (χ2n) is 6.59. The summed E-state index contributed by atoms with van der Waals surface area (Å²) in [7, 11) is -2.32. The molecule has 27 heavy (non-hydrogen) atoms. The molecule has 3 rings (SSSR count). The van der Waals surface area contributed by atoms with E-state index in [4.69, 9.17) is 0 Å². The van der Waals surface area contributed by atoms with Crippen LogP contribution in [-0.2, 0) is 27.8 Å². The number of benzene rings is 1. The van der Waals surface area contributed by atoms with E-state index in [1.54, 1.807) is 6.07 Å². The number of pyridine rings is 1. The van der Waals surface area contributed by atoms with Crippen LogP contribution in [0.5, 0.6) is 0 Å². The minimum absolute atomic E-state index is 0.0762. The Morgan fingerprint density at radius 1 is 1.22 bits per heavy atom. The normalized spacial score (nSPS) is 14.7. The molecule has 0 unspecified atom stereocenters. The maximum atomic E-state index is 12.4. The van der Waals surface area contributed by atoms with Gasteiger partial charge < -0.3 is 5.32 Å². The molecule has 1 aliphatic rings. The van der Waals surface area contributed by atoms with Gasteiger partial charge in [0.25, 0.3) is 0 Å². The molecule has 7 nitrogen and oxygen atoms in total. The number of likely N-dealkylation sites (N-methyl/N-ethyl adjacent to an activating group) is 1. The Bertz CT molecular complexity index is 887. The van der Waals surface area contributed by atoms with Crippen LogP contribution in [0.2, 0.25) is 0 Å². The van der Waals surface area contributed by atoms with Gasteiger partial charge in [0.1, 0.15) is 4.90 Å². The van der Waals surface area contributed by atoms with E-state index in [0.29, 0.717) is 6.54 Å². The first-order valence-corrected chi connectivity index (χ1v) is 10.3. The molecule has 1 aromatic carbocycles. The van der Waals surface area contributed by atoms with Crippen LogP contribution in [0.25, 0.3) is 0 Å². The van der Waals surface area contributed by atoms with Crippen molar-refractivity contribution in [2.45, 2.75) is 17.9 Å². The first-order chi connectivity index (χ1) is 13.0. The molecule has 2 heterocycles. The lowest BCUT2D eigenvalue weighted by Gasteiger charge is -2.28. The van der Waals surface area contributed by atoms with Crippen molar-refractivity contribution in [3.05, 3.63) is 59.9 Å². The Morgan fingerprint density at radius 2 is 2.00 bits per heavy atom. The van der Waals surface area contributed by atoms with Gasteiger partial charge in [0, 0.05) is 45.6 Å². The Hall–Kier alpha value is -2.29. The fourth-order valence-corrected chi connectivity index (χ4v) is 4.21. The molecule has 0 aliphatic carbocycles. The lowest BCUT2D eigenvalue weighted by atomic mass is 10.00. The first-order valence-electron chi connectivity index (χ1n) is 8.89. The third kappa shape index (κ3) is 4.91. The molecule has 2 aromatic rings. The minimum Gasteiger partial charge on any atom is -0.354 e. The molecule has 144 valence electrons. The van der Waals surface area contributed by atoms with E-state index >= 15 is 0 Å². The second kappa shape index (κ2) is 8.60. The fraction of sp³-hybridized carbons (Fsp3) is 0.368. The lowest BCUT2D eigenvalue weighted by molar-refractivity contribution is -0.121. The highest BCUT2D eigenvalue weighted by Gasteiger charge is 2.23. The molecule has 0 saturated heterocycles. The van der Waals surface area contributed by atoms with Gasteiger partial charge in [0.2, 0.25) is 15.9 Å². The number of rotatable bonds is 7. The zero-order chi connectivity index (χ0) is 19.3. The number of aromatic nitrogens is 1. The van der Waals surface area contributed by atoms with Crippen molar-refractivity contribution in [3.63, 3.8) is 0 Å². The molecule has 0 spiro atoms. The summed E-state index contributed by atoms with van der Waals surface area (Å²) < 4.78 is 25.8. The third-order valence-corrected chi connectivity index (χ3v) is 6.46. The number of sulfonamides is 1. The van der Waals surface area contributed by atoms with Crippen LogP contribution in [0.15, 0.2) is 53.7 Å². The van der Waals surface area contributed by atoms with Crippen molar-refractivity contribution in [1.29, 1.82) is 0 Å². The van der Waals surface area contributed by atoms with E-state index in [2.05, 4.69) is 33.4 Å². The number of nitrogens with one attached hydrogen (secondary N) is 1. The maximum Gasteiger partial charge on any atom is 0.244 e. The number of nitrogens with zero attached hydrogens (tertiary/aromatic N) is 3. The molecule has 0 saturated carbocycles. The van der Waals surface area contributed by atoms with Crippen molar-refractivity contribution in [2.75, 3.05) is 33.2 Å². The van der Waals surface area contributed by atoms with Gasteiger partial charge in [-0.3, -0.25) is 14.7 Å². The van der Waals surface area contributed by atoms with Crippen LogP contribution in [0, 0.1) is 0 Å². The molecule has 0 radical (unpaired) electrons. The summed E-state index contributed by atoms with van der Waals surface area (Å²) in [5, 5.41) is 2.81. The summed E-state index contributed by atoms with van der Waals surface area (Å²) in [5.41, 5.74) is 2.72. The number of fused-ring (bicyclic) bond motifs is 1. The van der Waals surface area contributed by atoms with Gasteiger partial charge in [-0.2, -0.15) is 4.31 Å². The van der Waals surface area contributed by atoms with Gasteiger partial charge in [-0.25, -0.2) is 8.42 Å². The number of carbonyl (C=O) groups is 1. The highest BCUT2D eigenvalue weighted by molar-refractivity contribution is 7.89. The van der Waals surface area contributed by atoms with Gasteiger partial charge in [-0.1, -0.05) is 24.3 Å². The molecule has 0 fully saturated rings. The highest BCUT2D eigenvalue weighted by Crippen LogP contribution is 2.17. The van der Waals surface area contributed by atoms with Crippen molar-refractivity contribution in [1.82, 2.24) is 19.5 Å². The van der Waals surface area contributed by atoms with Crippen molar-refractivity contribution >= 4 is 15.9 Å². The standard InChI is InChI=1S/C19H24N4O3S/c1-22(27(25,26)18-7-4-9-20-13-18)15-19(24)21-10-12-23-11-8-16-5-2-3-6-17(16)14-23/h2-7,9,13H,8,10-12,14-15H2,1H3,(H,21,24). The third-order valence-electron chi connectivity index (χ3n) is 4.67. The number of hydrogen-bond acceptors (Lipinski definition) is 5. The van der Waals surface area contributed by atoms with Crippen LogP contribution >= 0.6 is 0 Å². The predicted octanol–water partition coefficient (Wildman–Crippen LogP) is 0.877. The van der Waals surface area contributed by atoms with Crippen molar-refractivity contribution < 1.29 is 13.2 Å². The van der Waals surface area contributed by atoms with Crippen molar-refractivity contribution in [3.8, 4) is 0 Å². The van der Waals surface area contributed by atoms with Gasteiger partial charge in [-0.05, 0) is 29.7 Å². The van der Waals surface area contributed by atoms with E-state index < -0.39 is 10.0 Å².